The molecular weight excluding hydrogens is 200 g/mol. The molecule has 0 aromatic carbocycles. The van der Waals surface area contributed by atoms with E-state index in [1.807, 2.05) is 0 Å². The largest absolute Gasteiger partial charge is 0.396 e. The normalized spacial score (nSPS) is 19.6. The molecule has 0 saturated heterocycles. The van der Waals surface area contributed by atoms with E-state index >= 15 is 0 Å². The Hall–Kier alpha value is -0.200. The van der Waals surface area contributed by atoms with Crippen LogP contribution in [0.25, 0.3) is 0 Å². The third kappa shape index (κ3) is 4.90. The summed E-state index contributed by atoms with van der Waals surface area (Å²) in [5, 5.41) is 37.3. The molecule has 0 aromatic rings. The Morgan fingerprint density at radius 2 is 1.20 bits per heavy atom. The van der Waals surface area contributed by atoms with Gasteiger partial charge in [-0.05, 0) is 12.8 Å². The first-order chi connectivity index (χ1) is 6.95. The molecule has 0 fully saturated rings. The third-order valence-corrected chi connectivity index (χ3v) is 2.49. The van der Waals surface area contributed by atoms with Crippen LogP contribution in [0.3, 0.4) is 0 Å². The predicted octanol–water partition coefficient (Wildman–Crippen LogP) is -0.0350. The first-order valence-electron chi connectivity index (χ1n) is 5.32. The fraction of sp³-hybridized carbons (Fsp3) is 1.00. The van der Waals surface area contributed by atoms with Crippen molar-refractivity contribution in [3.8, 4) is 0 Å². The van der Waals surface area contributed by atoms with Crippen LogP contribution in [0.15, 0.2) is 0 Å². The maximum absolute atomic E-state index is 9.89. The lowest BCUT2D eigenvalue weighted by Gasteiger charge is -2.36. The fourth-order valence-electron chi connectivity index (χ4n) is 1.30. The van der Waals surface area contributed by atoms with Crippen molar-refractivity contribution < 1.29 is 25.2 Å². The van der Waals surface area contributed by atoms with E-state index in [1.54, 1.807) is 13.8 Å². The fourth-order valence-corrected chi connectivity index (χ4v) is 1.30. The molecule has 0 aliphatic heterocycles. The Labute approximate surface area is 90.3 Å². The summed E-state index contributed by atoms with van der Waals surface area (Å²) in [6.45, 7) is 2.96. The summed E-state index contributed by atoms with van der Waals surface area (Å²) in [6, 6.07) is 0. The third-order valence-electron chi connectivity index (χ3n) is 2.49. The molecule has 0 rings (SSSR count). The Kier molecular flexibility index (Phi) is 6.31. The van der Waals surface area contributed by atoms with Gasteiger partial charge in [0, 0.05) is 26.1 Å². The minimum atomic E-state index is -1.53. The molecule has 2 atom stereocenters. The average molecular weight is 222 g/mol. The van der Waals surface area contributed by atoms with Gasteiger partial charge in [-0.15, -0.1) is 0 Å². The molecule has 0 spiro atoms. The minimum Gasteiger partial charge on any atom is -0.396 e. The van der Waals surface area contributed by atoms with E-state index in [1.165, 1.54) is 0 Å². The molecule has 0 aliphatic rings. The Morgan fingerprint density at radius 1 is 0.867 bits per heavy atom. The number of hydrogen-bond acceptors (Lipinski definition) is 5. The highest BCUT2D eigenvalue weighted by atomic mass is 16.7. The van der Waals surface area contributed by atoms with Crippen LogP contribution in [0.4, 0.5) is 0 Å². The summed E-state index contributed by atoms with van der Waals surface area (Å²) in [5.74, 6) is -3.07. The van der Waals surface area contributed by atoms with Crippen molar-refractivity contribution in [1.29, 1.82) is 0 Å². The summed E-state index contributed by atoms with van der Waals surface area (Å²) in [6.07, 6.45) is 0.608. The molecule has 5 nitrogen and oxygen atoms in total. The van der Waals surface area contributed by atoms with Crippen LogP contribution in [0, 0.1) is 0 Å². The van der Waals surface area contributed by atoms with Crippen molar-refractivity contribution in [2.45, 2.75) is 51.1 Å². The van der Waals surface area contributed by atoms with E-state index in [0.29, 0.717) is 0 Å². The standard InChI is InChI=1S/C10H22O5/c1-3-9(13,5-7-11)15-10(14,4-2)6-8-12/h11-14H,3-8H2,1-2H3. The smallest absolute Gasteiger partial charge is 0.170 e. The van der Waals surface area contributed by atoms with Crippen molar-refractivity contribution in [2.75, 3.05) is 13.2 Å². The molecule has 0 amide bonds. The molecule has 92 valence electrons. The minimum absolute atomic E-state index is 0.0389. The van der Waals surface area contributed by atoms with E-state index in [2.05, 4.69) is 0 Å². The van der Waals surface area contributed by atoms with E-state index in [9.17, 15) is 10.2 Å². The van der Waals surface area contributed by atoms with Crippen LogP contribution in [0.2, 0.25) is 0 Å². The molecule has 0 aromatic heterocycles. The average Bonchev–Trinajstić information content (AvgIpc) is 2.18. The van der Waals surface area contributed by atoms with Gasteiger partial charge >= 0.3 is 0 Å². The van der Waals surface area contributed by atoms with Gasteiger partial charge in [0.2, 0.25) is 0 Å². The van der Waals surface area contributed by atoms with Crippen molar-refractivity contribution in [3.05, 3.63) is 0 Å². The van der Waals surface area contributed by atoms with E-state index in [4.69, 9.17) is 14.9 Å². The van der Waals surface area contributed by atoms with Gasteiger partial charge < -0.3 is 25.2 Å². The lowest BCUT2D eigenvalue weighted by atomic mass is 10.1. The van der Waals surface area contributed by atoms with E-state index in [0.717, 1.165) is 0 Å². The van der Waals surface area contributed by atoms with Gasteiger partial charge in [-0.3, -0.25) is 0 Å². The zero-order valence-corrected chi connectivity index (χ0v) is 9.44. The predicted molar refractivity (Wildman–Crippen MR) is 55.0 cm³/mol. The van der Waals surface area contributed by atoms with Crippen LogP contribution in [-0.4, -0.2) is 45.2 Å². The van der Waals surface area contributed by atoms with Crippen molar-refractivity contribution in [3.63, 3.8) is 0 Å². The summed E-state index contributed by atoms with van der Waals surface area (Å²) in [7, 11) is 0. The Morgan fingerprint density at radius 3 is 1.40 bits per heavy atom. The monoisotopic (exact) mass is 222 g/mol. The lowest BCUT2D eigenvalue weighted by Crippen LogP contribution is -2.45. The zero-order valence-electron chi connectivity index (χ0n) is 9.44. The maximum Gasteiger partial charge on any atom is 0.170 e. The quantitative estimate of drug-likeness (QED) is 0.433. The van der Waals surface area contributed by atoms with Gasteiger partial charge in [-0.2, -0.15) is 0 Å². The molecule has 5 heteroatoms. The summed E-state index contributed by atoms with van der Waals surface area (Å²) in [4.78, 5) is 0. The van der Waals surface area contributed by atoms with Gasteiger partial charge in [-0.25, -0.2) is 0 Å². The van der Waals surface area contributed by atoms with Crippen LogP contribution in [0.5, 0.6) is 0 Å². The molecule has 0 heterocycles. The molecule has 15 heavy (non-hydrogen) atoms. The number of hydrogen-bond donors (Lipinski definition) is 4. The van der Waals surface area contributed by atoms with E-state index in [-0.39, 0.29) is 38.9 Å². The summed E-state index contributed by atoms with van der Waals surface area (Å²) in [5.41, 5.74) is 0. The van der Waals surface area contributed by atoms with Crippen LogP contribution >= 0.6 is 0 Å². The molecule has 4 N–H and O–H groups in total. The Balaban J connectivity index is 4.47. The molecular formula is C10H22O5. The second-order valence-corrected chi connectivity index (χ2v) is 3.65. The highest BCUT2D eigenvalue weighted by Crippen LogP contribution is 2.27. The highest BCUT2D eigenvalue weighted by molar-refractivity contribution is 4.73. The molecule has 2 unspecified atom stereocenters. The first-order valence-corrected chi connectivity index (χ1v) is 5.32. The lowest BCUT2D eigenvalue weighted by molar-refractivity contribution is -0.341. The van der Waals surface area contributed by atoms with Gasteiger partial charge in [0.15, 0.2) is 11.6 Å². The molecule has 0 radical (unpaired) electrons. The molecule has 0 saturated carbocycles. The zero-order chi connectivity index (χ0) is 11.9. The van der Waals surface area contributed by atoms with Gasteiger partial charge in [-0.1, -0.05) is 13.8 Å². The maximum atomic E-state index is 9.89. The second kappa shape index (κ2) is 6.40. The first kappa shape index (κ1) is 14.8. The highest BCUT2D eigenvalue weighted by Gasteiger charge is 2.36. The van der Waals surface area contributed by atoms with E-state index < -0.39 is 11.6 Å². The van der Waals surface area contributed by atoms with Gasteiger partial charge in [0.1, 0.15) is 0 Å². The summed E-state index contributed by atoms with van der Waals surface area (Å²) >= 11 is 0. The number of ether oxygens (including phenoxy) is 1. The van der Waals surface area contributed by atoms with Gasteiger partial charge in [0.05, 0.1) is 0 Å². The van der Waals surface area contributed by atoms with Crippen LogP contribution in [-0.2, 0) is 4.74 Å². The topological polar surface area (TPSA) is 90.2 Å². The number of rotatable bonds is 8. The van der Waals surface area contributed by atoms with Crippen molar-refractivity contribution in [2.24, 2.45) is 0 Å². The Bertz CT molecular complexity index is 157. The SMILES string of the molecule is CCC(O)(CCO)OC(O)(CC)CCO. The second-order valence-electron chi connectivity index (χ2n) is 3.65. The number of aliphatic hydroxyl groups is 4. The number of aliphatic hydroxyl groups excluding tert-OH is 2. The van der Waals surface area contributed by atoms with Crippen molar-refractivity contribution in [1.82, 2.24) is 0 Å². The summed E-state index contributed by atoms with van der Waals surface area (Å²) < 4.78 is 5.20. The van der Waals surface area contributed by atoms with Gasteiger partial charge in [0.25, 0.3) is 0 Å². The molecule has 0 bridgehead atoms. The van der Waals surface area contributed by atoms with Crippen LogP contribution in [0.1, 0.15) is 39.5 Å². The van der Waals surface area contributed by atoms with Crippen LogP contribution < -0.4 is 0 Å². The van der Waals surface area contributed by atoms with Crippen molar-refractivity contribution >= 4 is 0 Å². The molecule has 0 aliphatic carbocycles.